The van der Waals surface area contributed by atoms with Crippen LogP contribution in [-0.2, 0) is 4.79 Å². The van der Waals surface area contributed by atoms with E-state index in [1.807, 2.05) is 42.5 Å². The molecular formula is C23H32ClN3O2+2. The third-order valence-corrected chi connectivity index (χ3v) is 5.72. The molecule has 5 nitrogen and oxygen atoms in total. The SMILES string of the molecule is CC(C)c1ccccc1NC(=O)C[NH+]1CC[NH+](CCOc2ccc(Cl)cc2)CC1. The summed E-state index contributed by atoms with van der Waals surface area (Å²) in [5.41, 5.74) is 2.13. The number of hydrogen-bond acceptors (Lipinski definition) is 2. The number of halogens is 1. The van der Waals surface area contributed by atoms with Gasteiger partial charge in [-0.2, -0.15) is 0 Å². The quantitative estimate of drug-likeness (QED) is 0.605. The predicted octanol–water partition coefficient (Wildman–Crippen LogP) is 1.26. The molecule has 3 N–H and O–H groups in total. The smallest absolute Gasteiger partial charge is 0.279 e. The van der Waals surface area contributed by atoms with E-state index in [1.54, 1.807) is 0 Å². The zero-order chi connectivity index (χ0) is 20.6. The zero-order valence-corrected chi connectivity index (χ0v) is 18.1. The summed E-state index contributed by atoms with van der Waals surface area (Å²) in [4.78, 5) is 15.4. The summed E-state index contributed by atoms with van der Waals surface area (Å²) in [6.07, 6.45) is 0. The summed E-state index contributed by atoms with van der Waals surface area (Å²) >= 11 is 5.89. The molecule has 3 rings (SSSR count). The molecule has 1 aliphatic heterocycles. The maximum atomic E-state index is 12.5. The molecule has 0 unspecified atom stereocenters. The van der Waals surface area contributed by atoms with E-state index in [-0.39, 0.29) is 5.91 Å². The number of hydrogen-bond donors (Lipinski definition) is 3. The lowest BCUT2D eigenvalue weighted by Crippen LogP contribution is -3.28. The first-order chi connectivity index (χ1) is 14.0. The molecule has 0 aliphatic carbocycles. The number of carbonyl (C=O) groups excluding carboxylic acids is 1. The van der Waals surface area contributed by atoms with Crippen LogP contribution in [0.15, 0.2) is 48.5 Å². The highest BCUT2D eigenvalue weighted by Crippen LogP contribution is 2.23. The Morgan fingerprint density at radius 2 is 1.69 bits per heavy atom. The van der Waals surface area contributed by atoms with Crippen LogP contribution in [0, 0.1) is 0 Å². The predicted molar refractivity (Wildman–Crippen MR) is 117 cm³/mol. The number of carbonyl (C=O) groups is 1. The first-order valence-electron chi connectivity index (χ1n) is 10.5. The first kappa shape index (κ1) is 21.6. The van der Waals surface area contributed by atoms with Gasteiger partial charge in [0, 0.05) is 10.7 Å². The van der Waals surface area contributed by atoms with Crippen molar-refractivity contribution in [3.05, 3.63) is 59.1 Å². The summed E-state index contributed by atoms with van der Waals surface area (Å²) in [6.45, 7) is 10.6. The highest BCUT2D eigenvalue weighted by molar-refractivity contribution is 6.30. The second kappa shape index (κ2) is 10.6. The third-order valence-electron chi connectivity index (χ3n) is 5.47. The number of nitrogens with one attached hydrogen (secondary N) is 3. The van der Waals surface area contributed by atoms with Crippen LogP contribution in [-0.4, -0.2) is 51.8 Å². The fourth-order valence-electron chi connectivity index (χ4n) is 3.76. The van der Waals surface area contributed by atoms with Crippen LogP contribution in [0.5, 0.6) is 5.75 Å². The fourth-order valence-corrected chi connectivity index (χ4v) is 3.89. The van der Waals surface area contributed by atoms with Crippen molar-refractivity contribution in [3.8, 4) is 5.75 Å². The van der Waals surface area contributed by atoms with E-state index in [2.05, 4.69) is 25.2 Å². The first-order valence-corrected chi connectivity index (χ1v) is 10.8. The number of benzene rings is 2. The lowest BCUT2D eigenvalue weighted by molar-refractivity contribution is -1.01. The standard InChI is InChI=1S/C23H30ClN3O2/c1-18(2)21-5-3-4-6-22(21)25-23(28)17-27-13-11-26(12-14-27)15-16-29-20-9-7-19(24)8-10-20/h3-10,18H,11-17H2,1-2H3,(H,25,28)/p+2. The molecule has 29 heavy (non-hydrogen) atoms. The van der Waals surface area contributed by atoms with Gasteiger partial charge in [0.1, 0.15) is 45.1 Å². The van der Waals surface area contributed by atoms with Gasteiger partial charge in [0.25, 0.3) is 5.91 Å². The van der Waals surface area contributed by atoms with Crippen molar-refractivity contribution in [1.82, 2.24) is 0 Å². The number of quaternary nitrogens is 2. The van der Waals surface area contributed by atoms with Crippen molar-refractivity contribution in [2.24, 2.45) is 0 Å². The highest BCUT2D eigenvalue weighted by Gasteiger charge is 2.25. The normalized spacial score (nSPS) is 19.2. The second-order valence-electron chi connectivity index (χ2n) is 8.02. The largest absolute Gasteiger partial charge is 0.488 e. The summed E-state index contributed by atoms with van der Waals surface area (Å²) < 4.78 is 5.80. The molecule has 1 heterocycles. The Kier molecular flexibility index (Phi) is 7.92. The highest BCUT2D eigenvalue weighted by atomic mass is 35.5. The topological polar surface area (TPSA) is 47.2 Å². The van der Waals surface area contributed by atoms with Gasteiger partial charge in [-0.15, -0.1) is 0 Å². The fraction of sp³-hybridized carbons (Fsp3) is 0.435. The molecule has 1 saturated heterocycles. The molecule has 0 aromatic heterocycles. The van der Waals surface area contributed by atoms with Gasteiger partial charge < -0.3 is 19.9 Å². The van der Waals surface area contributed by atoms with Crippen molar-refractivity contribution in [3.63, 3.8) is 0 Å². The molecule has 1 aliphatic rings. The van der Waals surface area contributed by atoms with Crippen LogP contribution in [0.4, 0.5) is 5.69 Å². The average molecular weight is 418 g/mol. The minimum atomic E-state index is 0.0996. The van der Waals surface area contributed by atoms with E-state index in [9.17, 15) is 4.79 Å². The van der Waals surface area contributed by atoms with Crippen LogP contribution in [0.2, 0.25) is 5.02 Å². The Balaban J connectivity index is 1.37. The summed E-state index contributed by atoms with van der Waals surface area (Å²) in [5, 5.41) is 3.83. The van der Waals surface area contributed by atoms with Gasteiger partial charge in [-0.25, -0.2) is 0 Å². The molecule has 6 heteroatoms. The van der Waals surface area contributed by atoms with E-state index in [1.165, 1.54) is 15.4 Å². The zero-order valence-electron chi connectivity index (χ0n) is 17.3. The van der Waals surface area contributed by atoms with Gasteiger partial charge >= 0.3 is 0 Å². The van der Waals surface area contributed by atoms with Crippen molar-refractivity contribution in [1.29, 1.82) is 0 Å². The van der Waals surface area contributed by atoms with Crippen LogP contribution in [0.25, 0.3) is 0 Å². The van der Waals surface area contributed by atoms with E-state index >= 15 is 0 Å². The monoisotopic (exact) mass is 417 g/mol. The number of rotatable bonds is 8. The minimum absolute atomic E-state index is 0.0996. The maximum Gasteiger partial charge on any atom is 0.279 e. The number of anilines is 1. The molecule has 0 atom stereocenters. The minimum Gasteiger partial charge on any atom is -0.488 e. The number of piperazine rings is 1. The van der Waals surface area contributed by atoms with Crippen LogP contribution < -0.4 is 19.9 Å². The molecule has 1 amide bonds. The molecule has 1 fully saturated rings. The van der Waals surface area contributed by atoms with E-state index in [4.69, 9.17) is 16.3 Å². The van der Waals surface area contributed by atoms with Crippen LogP contribution in [0.3, 0.4) is 0 Å². The molecular weight excluding hydrogens is 386 g/mol. The Hall–Kier alpha value is -2.08. The van der Waals surface area contributed by atoms with E-state index in [0.717, 1.165) is 49.2 Å². The van der Waals surface area contributed by atoms with Gasteiger partial charge in [0.2, 0.25) is 0 Å². The second-order valence-corrected chi connectivity index (χ2v) is 8.46. The van der Waals surface area contributed by atoms with Gasteiger partial charge in [0.15, 0.2) is 6.54 Å². The lowest BCUT2D eigenvalue weighted by Gasteiger charge is -2.29. The number of amides is 1. The van der Waals surface area contributed by atoms with Gasteiger partial charge in [-0.05, 0) is 41.8 Å². The number of ether oxygens (including phenoxy) is 1. The van der Waals surface area contributed by atoms with Gasteiger partial charge in [0.05, 0.1) is 0 Å². The molecule has 0 bridgehead atoms. The molecule has 2 aromatic carbocycles. The van der Waals surface area contributed by atoms with Crippen molar-refractivity contribution in [2.75, 3.05) is 51.2 Å². The lowest BCUT2D eigenvalue weighted by atomic mass is 10.0. The van der Waals surface area contributed by atoms with Crippen LogP contribution in [0.1, 0.15) is 25.3 Å². The Morgan fingerprint density at radius 1 is 1.03 bits per heavy atom. The van der Waals surface area contributed by atoms with Crippen LogP contribution >= 0.6 is 11.6 Å². The number of para-hydroxylation sites is 1. The Morgan fingerprint density at radius 3 is 2.38 bits per heavy atom. The molecule has 156 valence electrons. The third kappa shape index (κ3) is 6.74. The van der Waals surface area contributed by atoms with E-state index < -0.39 is 0 Å². The maximum absolute atomic E-state index is 12.5. The summed E-state index contributed by atoms with van der Waals surface area (Å²) in [5.74, 6) is 1.35. The van der Waals surface area contributed by atoms with Crippen molar-refractivity contribution < 1.29 is 19.3 Å². The molecule has 0 radical (unpaired) electrons. The Labute approximate surface area is 178 Å². The van der Waals surface area contributed by atoms with Gasteiger partial charge in [-0.1, -0.05) is 43.6 Å². The van der Waals surface area contributed by atoms with Crippen molar-refractivity contribution in [2.45, 2.75) is 19.8 Å². The van der Waals surface area contributed by atoms with Gasteiger partial charge in [-0.3, -0.25) is 4.79 Å². The summed E-state index contributed by atoms with van der Waals surface area (Å²) in [6, 6.07) is 15.6. The van der Waals surface area contributed by atoms with E-state index in [0.29, 0.717) is 19.1 Å². The summed E-state index contributed by atoms with van der Waals surface area (Å²) in [7, 11) is 0. The Bertz CT molecular complexity index is 787. The average Bonchev–Trinajstić information content (AvgIpc) is 2.71. The molecule has 0 spiro atoms. The molecule has 0 saturated carbocycles. The molecule has 2 aromatic rings. The van der Waals surface area contributed by atoms with Crippen molar-refractivity contribution >= 4 is 23.2 Å².